The number of hydrogen-bond donors (Lipinski definition) is 5. The molecule has 0 aromatic heterocycles. The lowest BCUT2D eigenvalue weighted by atomic mass is 9.78. The molecule has 1 heterocycles. The number of aliphatic hydroxyl groups is 2. The van der Waals surface area contributed by atoms with Gasteiger partial charge in [0, 0.05) is 12.2 Å². The fourth-order valence-corrected chi connectivity index (χ4v) is 2.19. The number of carbonyl (C=O) groups is 4. The van der Waals surface area contributed by atoms with Crippen LogP contribution in [-0.4, -0.2) is 56.4 Å². The Hall–Kier alpha value is -2.26. The van der Waals surface area contributed by atoms with Gasteiger partial charge in [0.15, 0.2) is 0 Å². The van der Waals surface area contributed by atoms with Crippen molar-refractivity contribution in [2.45, 2.75) is 25.0 Å². The molecule has 116 valence electrons. The SMILES string of the molecule is O=C(O)C=CC(=O)O.O=C1NC(=O)C2CC(O)C(O)CC12. The molecule has 2 aliphatic rings. The van der Waals surface area contributed by atoms with E-state index in [2.05, 4.69) is 5.32 Å². The summed E-state index contributed by atoms with van der Waals surface area (Å²) in [5, 5.41) is 36.4. The largest absolute Gasteiger partial charge is 0.478 e. The predicted molar refractivity (Wildman–Crippen MR) is 65.8 cm³/mol. The number of aliphatic carboxylic acids is 2. The van der Waals surface area contributed by atoms with Gasteiger partial charge in [-0.15, -0.1) is 0 Å². The van der Waals surface area contributed by atoms with E-state index in [9.17, 15) is 29.4 Å². The second-order valence-corrected chi connectivity index (χ2v) is 4.68. The molecule has 2 amide bonds. The number of carboxylic acid groups (broad SMARTS) is 2. The van der Waals surface area contributed by atoms with E-state index in [4.69, 9.17) is 10.2 Å². The Kier molecular flexibility index (Phi) is 5.56. The molecule has 0 spiro atoms. The Bertz CT molecular complexity index is 444. The molecule has 0 radical (unpaired) electrons. The summed E-state index contributed by atoms with van der Waals surface area (Å²) in [6.45, 7) is 0. The number of carbonyl (C=O) groups excluding carboxylic acids is 2. The number of imide groups is 1. The van der Waals surface area contributed by atoms with Crippen molar-refractivity contribution in [1.29, 1.82) is 0 Å². The summed E-state index contributed by atoms with van der Waals surface area (Å²) in [5.41, 5.74) is 0. The van der Waals surface area contributed by atoms with Crippen molar-refractivity contribution in [3.63, 3.8) is 0 Å². The van der Waals surface area contributed by atoms with Crippen LogP contribution in [0.1, 0.15) is 12.8 Å². The lowest BCUT2D eigenvalue weighted by molar-refractivity contribution is -0.134. The van der Waals surface area contributed by atoms with Gasteiger partial charge in [0.2, 0.25) is 11.8 Å². The lowest BCUT2D eigenvalue weighted by Crippen LogP contribution is -2.40. The zero-order valence-corrected chi connectivity index (χ0v) is 10.8. The molecule has 2 fully saturated rings. The van der Waals surface area contributed by atoms with E-state index in [1.54, 1.807) is 0 Å². The van der Waals surface area contributed by atoms with E-state index in [0.29, 0.717) is 12.2 Å². The molecule has 1 saturated carbocycles. The van der Waals surface area contributed by atoms with Crippen molar-refractivity contribution in [2.24, 2.45) is 11.8 Å². The van der Waals surface area contributed by atoms with Gasteiger partial charge in [0.05, 0.1) is 24.0 Å². The molecule has 9 heteroatoms. The molecule has 0 bridgehead atoms. The van der Waals surface area contributed by atoms with E-state index in [1.165, 1.54) is 0 Å². The Morgan fingerprint density at radius 2 is 1.24 bits per heavy atom. The van der Waals surface area contributed by atoms with Crippen molar-refractivity contribution in [1.82, 2.24) is 5.32 Å². The summed E-state index contributed by atoms with van der Waals surface area (Å²) in [6, 6.07) is 0. The van der Waals surface area contributed by atoms with Crippen molar-refractivity contribution in [2.75, 3.05) is 0 Å². The number of aliphatic hydroxyl groups excluding tert-OH is 2. The third kappa shape index (κ3) is 4.65. The quantitative estimate of drug-likeness (QED) is 0.292. The highest BCUT2D eigenvalue weighted by Crippen LogP contribution is 2.34. The smallest absolute Gasteiger partial charge is 0.328 e. The molecule has 9 nitrogen and oxygen atoms in total. The van der Waals surface area contributed by atoms with Crippen LogP contribution in [0.2, 0.25) is 0 Å². The molecule has 1 aliphatic carbocycles. The second-order valence-electron chi connectivity index (χ2n) is 4.68. The summed E-state index contributed by atoms with van der Waals surface area (Å²) >= 11 is 0. The minimum Gasteiger partial charge on any atom is -0.478 e. The standard InChI is InChI=1S/C8H11NO4.C4H4O4/c10-5-1-3-4(2-6(5)11)8(13)9-7(3)12;5-3(6)1-2-4(7)8/h3-6,10-11H,1-2H2,(H,9,12,13);1-2H,(H,5,6)(H,7,8). The van der Waals surface area contributed by atoms with Crippen LogP contribution in [0, 0.1) is 11.8 Å². The van der Waals surface area contributed by atoms with Gasteiger partial charge in [-0.25, -0.2) is 9.59 Å². The predicted octanol–water partition coefficient (Wildman–Crippen LogP) is -1.90. The van der Waals surface area contributed by atoms with Crippen LogP contribution in [-0.2, 0) is 19.2 Å². The Labute approximate surface area is 118 Å². The van der Waals surface area contributed by atoms with Gasteiger partial charge in [0.25, 0.3) is 0 Å². The summed E-state index contributed by atoms with van der Waals surface area (Å²) < 4.78 is 0. The van der Waals surface area contributed by atoms with Crippen molar-refractivity contribution in [3.05, 3.63) is 12.2 Å². The number of carboxylic acids is 2. The number of nitrogens with one attached hydrogen (secondary N) is 1. The monoisotopic (exact) mass is 301 g/mol. The first-order chi connectivity index (χ1) is 9.72. The lowest BCUT2D eigenvalue weighted by Gasteiger charge is -2.29. The van der Waals surface area contributed by atoms with Crippen LogP contribution < -0.4 is 5.32 Å². The normalized spacial score (nSPS) is 31.1. The first-order valence-corrected chi connectivity index (χ1v) is 6.07. The molecule has 2 rings (SSSR count). The molecule has 4 unspecified atom stereocenters. The van der Waals surface area contributed by atoms with Crippen LogP contribution in [0.15, 0.2) is 12.2 Å². The third-order valence-electron chi connectivity index (χ3n) is 3.21. The summed E-state index contributed by atoms with van der Waals surface area (Å²) in [7, 11) is 0. The van der Waals surface area contributed by atoms with Gasteiger partial charge < -0.3 is 20.4 Å². The van der Waals surface area contributed by atoms with Crippen LogP contribution in [0.3, 0.4) is 0 Å². The number of amides is 2. The number of hydrogen-bond acceptors (Lipinski definition) is 6. The van der Waals surface area contributed by atoms with Gasteiger partial charge in [-0.05, 0) is 12.8 Å². The zero-order chi connectivity index (χ0) is 16.2. The minimum atomic E-state index is -1.26. The van der Waals surface area contributed by atoms with Gasteiger partial charge in [-0.3, -0.25) is 14.9 Å². The van der Waals surface area contributed by atoms with E-state index < -0.39 is 36.0 Å². The van der Waals surface area contributed by atoms with Gasteiger partial charge in [-0.1, -0.05) is 0 Å². The fourth-order valence-electron chi connectivity index (χ4n) is 2.19. The second kappa shape index (κ2) is 6.95. The maximum absolute atomic E-state index is 11.1. The van der Waals surface area contributed by atoms with Crippen molar-refractivity contribution < 1.29 is 39.6 Å². The highest BCUT2D eigenvalue weighted by molar-refractivity contribution is 6.05. The molecule has 21 heavy (non-hydrogen) atoms. The molecule has 1 saturated heterocycles. The van der Waals surface area contributed by atoms with Crippen LogP contribution in [0.4, 0.5) is 0 Å². The van der Waals surface area contributed by atoms with E-state index in [-0.39, 0.29) is 24.7 Å². The van der Waals surface area contributed by atoms with Crippen LogP contribution in [0.5, 0.6) is 0 Å². The van der Waals surface area contributed by atoms with Gasteiger partial charge >= 0.3 is 11.9 Å². The summed E-state index contributed by atoms with van der Waals surface area (Å²) in [6.07, 6.45) is -0.270. The van der Waals surface area contributed by atoms with Crippen molar-refractivity contribution >= 4 is 23.8 Å². The number of rotatable bonds is 2. The van der Waals surface area contributed by atoms with E-state index in [0.717, 1.165) is 0 Å². The van der Waals surface area contributed by atoms with E-state index in [1.807, 2.05) is 0 Å². The highest BCUT2D eigenvalue weighted by atomic mass is 16.4. The molecule has 1 aliphatic heterocycles. The molecular weight excluding hydrogens is 286 g/mol. The van der Waals surface area contributed by atoms with Crippen LogP contribution >= 0.6 is 0 Å². The van der Waals surface area contributed by atoms with Crippen molar-refractivity contribution in [3.8, 4) is 0 Å². The average Bonchev–Trinajstić information content (AvgIpc) is 2.64. The Morgan fingerprint density at radius 3 is 1.52 bits per heavy atom. The van der Waals surface area contributed by atoms with Gasteiger partial charge in [-0.2, -0.15) is 0 Å². The minimum absolute atomic E-state index is 0.184. The summed E-state index contributed by atoms with van der Waals surface area (Å²) in [4.78, 5) is 41.4. The first kappa shape index (κ1) is 16.8. The first-order valence-electron chi connectivity index (χ1n) is 6.07. The maximum atomic E-state index is 11.1. The topological polar surface area (TPSA) is 161 Å². The maximum Gasteiger partial charge on any atom is 0.328 e. The molecular formula is C12H15NO8. The highest BCUT2D eigenvalue weighted by Gasteiger charge is 2.47. The molecule has 0 aromatic rings. The Balaban J connectivity index is 0.000000240. The van der Waals surface area contributed by atoms with E-state index >= 15 is 0 Å². The Morgan fingerprint density at radius 1 is 0.905 bits per heavy atom. The summed E-state index contributed by atoms with van der Waals surface area (Å²) in [5.74, 6) is -4.03. The van der Waals surface area contributed by atoms with Crippen LogP contribution in [0.25, 0.3) is 0 Å². The average molecular weight is 301 g/mol. The third-order valence-corrected chi connectivity index (χ3v) is 3.21. The molecule has 0 aromatic carbocycles. The zero-order valence-electron chi connectivity index (χ0n) is 10.8. The van der Waals surface area contributed by atoms with Gasteiger partial charge in [0.1, 0.15) is 0 Å². The fraction of sp³-hybridized carbons (Fsp3) is 0.500. The number of fused-ring (bicyclic) bond motifs is 1. The molecule has 5 N–H and O–H groups in total. The molecule has 4 atom stereocenters.